The maximum absolute atomic E-state index is 5.26. The number of hydrogen-bond acceptors (Lipinski definition) is 4. The topological polar surface area (TPSA) is 55.9 Å². The van der Waals surface area contributed by atoms with Crippen molar-refractivity contribution < 1.29 is 4.42 Å². The molecule has 5 heteroatoms. The lowest BCUT2D eigenvalue weighted by atomic mass is 10.3. The van der Waals surface area contributed by atoms with E-state index in [0.29, 0.717) is 6.54 Å². The Bertz CT molecular complexity index is 640. The molecule has 96 valence electrons. The van der Waals surface area contributed by atoms with Crippen molar-refractivity contribution in [3.63, 3.8) is 0 Å². The zero-order valence-corrected chi connectivity index (χ0v) is 10.6. The molecule has 0 aliphatic heterocycles. The van der Waals surface area contributed by atoms with E-state index in [-0.39, 0.29) is 0 Å². The van der Waals surface area contributed by atoms with Crippen LogP contribution in [0.4, 0.5) is 5.69 Å². The summed E-state index contributed by atoms with van der Waals surface area (Å²) in [4.78, 5) is 8.59. The number of aromatic nitrogens is 3. The maximum atomic E-state index is 5.26. The van der Waals surface area contributed by atoms with Gasteiger partial charge in [-0.05, 0) is 31.2 Å². The van der Waals surface area contributed by atoms with Gasteiger partial charge in [-0.2, -0.15) is 0 Å². The van der Waals surface area contributed by atoms with Crippen molar-refractivity contribution in [2.75, 3.05) is 5.32 Å². The zero-order chi connectivity index (χ0) is 13.1. The molecule has 0 aliphatic rings. The van der Waals surface area contributed by atoms with Crippen molar-refractivity contribution in [1.82, 2.24) is 14.5 Å². The van der Waals surface area contributed by atoms with Gasteiger partial charge in [-0.15, -0.1) is 0 Å². The smallest absolute Gasteiger partial charge is 0.138 e. The second kappa shape index (κ2) is 4.97. The molecule has 0 aliphatic carbocycles. The molecular weight excluding hydrogens is 240 g/mol. The van der Waals surface area contributed by atoms with Crippen molar-refractivity contribution in [1.29, 1.82) is 0 Å². The lowest BCUT2D eigenvalue weighted by Gasteiger charge is -2.07. The Labute approximate surface area is 110 Å². The van der Waals surface area contributed by atoms with Gasteiger partial charge in [-0.1, -0.05) is 0 Å². The Balaban J connectivity index is 1.71. The van der Waals surface area contributed by atoms with Gasteiger partial charge in [0.2, 0.25) is 0 Å². The van der Waals surface area contributed by atoms with E-state index in [9.17, 15) is 0 Å². The summed E-state index contributed by atoms with van der Waals surface area (Å²) in [7, 11) is 0. The molecule has 0 bridgehead atoms. The van der Waals surface area contributed by atoms with E-state index >= 15 is 0 Å². The summed E-state index contributed by atoms with van der Waals surface area (Å²) in [6.07, 6.45) is 7.13. The van der Waals surface area contributed by atoms with Crippen molar-refractivity contribution in [3.8, 4) is 5.82 Å². The fourth-order valence-electron chi connectivity index (χ4n) is 1.86. The highest BCUT2D eigenvalue weighted by Crippen LogP contribution is 2.12. The number of furan rings is 1. The normalized spacial score (nSPS) is 10.6. The van der Waals surface area contributed by atoms with Gasteiger partial charge < -0.3 is 9.73 Å². The first-order chi connectivity index (χ1) is 9.33. The predicted octanol–water partition coefficient (Wildman–Crippen LogP) is 2.78. The third-order valence-corrected chi connectivity index (χ3v) is 2.87. The molecule has 0 spiro atoms. The maximum Gasteiger partial charge on any atom is 0.138 e. The lowest BCUT2D eigenvalue weighted by molar-refractivity contribution is 0.518. The van der Waals surface area contributed by atoms with E-state index in [0.717, 1.165) is 23.1 Å². The molecule has 5 nitrogen and oxygen atoms in total. The number of hydrogen-bond donors (Lipinski definition) is 1. The Morgan fingerprint density at radius 3 is 2.84 bits per heavy atom. The summed E-state index contributed by atoms with van der Waals surface area (Å²) in [5, 5.41) is 3.25. The largest absolute Gasteiger partial charge is 0.467 e. The van der Waals surface area contributed by atoms with Crippen LogP contribution in [-0.2, 0) is 6.54 Å². The monoisotopic (exact) mass is 254 g/mol. The van der Waals surface area contributed by atoms with Crippen LogP contribution in [0.15, 0.2) is 53.5 Å². The van der Waals surface area contributed by atoms with Crippen LogP contribution in [0.5, 0.6) is 0 Å². The highest BCUT2D eigenvalue weighted by atomic mass is 16.3. The number of nitrogens with one attached hydrogen (secondary N) is 1. The van der Waals surface area contributed by atoms with Crippen LogP contribution in [-0.4, -0.2) is 14.5 Å². The molecule has 0 saturated heterocycles. The van der Waals surface area contributed by atoms with E-state index in [2.05, 4.69) is 15.3 Å². The molecule has 0 aromatic carbocycles. The van der Waals surface area contributed by atoms with Crippen molar-refractivity contribution in [2.24, 2.45) is 0 Å². The van der Waals surface area contributed by atoms with Crippen molar-refractivity contribution in [3.05, 3.63) is 60.7 Å². The zero-order valence-electron chi connectivity index (χ0n) is 10.6. The summed E-state index contributed by atoms with van der Waals surface area (Å²) >= 11 is 0. The number of imidazole rings is 1. The van der Waals surface area contributed by atoms with E-state index in [1.807, 2.05) is 42.0 Å². The van der Waals surface area contributed by atoms with E-state index in [1.54, 1.807) is 18.7 Å². The SMILES string of the molecule is Cc1nccn1-c1ccc(NCc2ccco2)cn1. The molecule has 0 saturated carbocycles. The summed E-state index contributed by atoms with van der Waals surface area (Å²) < 4.78 is 7.20. The summed E-state index contributed by atoms with van der Waals surface area (Å²) in [5.41, 5.74) is 0.956. The number of pyridine rings is 1. The van der Waals surface area contributed by atoms with Gasteiger partial charge >= 0.3 is 0 Å². The van der Waals surface area contributed by atoms with Gasteiger partial charge in [0.25, 0.3) is 0 Å². The van der Waals surface area contributed by atoms with Gasteiger partial charge in [-0.25, -0.2) is 9.97 Å². The molecule has 0 fully saturated rings. The van der Waals surface area contributed by atoms with Crippen LogP contribution < -0.4 is 5.32 Å². The molecule has 0 amide bonds. The Morgan fingerprint density at radius 2 is 2.21 bits per heavy atom. The first-order valence-electron chi connectivity index (χ1n) is 6.05. The van der Waals surface area contributed by atoms with E-state index in [4.69, 9.17) is 4.42 Å². The number of anilines is 1. The second-order valence-corrected chi connectivity index (χ2v) is 4.18. The van der Waals surface area contributed by atoms with E-state index < -0.39 is 0 Å². The van der Waals surface area contributed by atoms with Gasteiger partial charge in [0.15, 0.2) is 0 Å². The molecule has 0 radical (unpaired) electrons. The number of aryl methyl sites for hydroxylation is 1. The molecule has 0 atom stereocenters. The quantitative estimate of drug-likeness (QED) is 0.777. The van der Waals surface area contributed by atoms with Gasteiger partial charge in [0.05, 0.1) is 24.7 Å². The molecular formula is C14H14N4O. The third-order valence-electron chi connectivity index (χ3n) is 2.87. The minimum absolute atomic E-state index is 0.651. The van der Waals surface area contributed by atoms with Crippen LogP contribution in [0.2, 0.25) is 0 Å². The third kappa shape index (κ3) is 2.49. The van der Waals surface area contributed by atoms with Crippen LogP contribution in [0.3, 0.4) is 0 Å². The van der Waals surface area contributed by atoms with Crippen LogP contribution in [0.1, 0.15) is 11.6 Å². The average molecular weight is 254 g/mol. The number of rotatable bonds is 4. The lowest BCUT2D eigenvalue weighted by Crippen LogP contribution is -2.01. The summed E-state index contributed by atoms with van der Waals surface area (Å²) in [6.45, 7) is 2.60. The summed E-state index contributed by atoms with van der Waals surface area (Å²) in [6, 6.07) is 7.76. The molecule has 3 heterocycles. The van der Waals surface area contributed by atoms with E-state index in [1.165, 1.54) is 0 Å². The Hall–Kier alpha value is -2.56. The highest BCUT2D eigenvalue weighted by molar-refractivity contribution is 5.44. The Kier molecular flexibility index (Phi) is 3.02. The van der Waals surface area contributed by atoms with Gasteiger partial charge in [0, 0.05) is 12.4 Å². The molecule has 1 N–H and O–H groups in total. The van der Waals surface area contributed by atoms with Crippen LogP contribution >= 0.6 is 0 Å². The molecule has 19 heavy (non-hydrogen) atoms. The first kappa shape index (κ1) is 11.5. The van der Waals surface area contributed by atoms with Crippen LogP contribution in [0.25, 0.3) is 5.82 Å². The molecule has 0 unspecified atom stereocenters. The van der Waals surface area contributed by atoms with Crippen LogP contribution in [0, 0.1) is 6.92 Å². The second-order valence-electron chi connectivity index (χ2n) is 4.18. The molecule has 3 aromatic heterocycles. The first-order valence-corrected chi connectivity index (χ1v) is 6.05. The predicted molar refractivity (Wildman–Crippen MR) is 72.1 cm³/mol. The van der Waals surface area contributed by atoms with Gasteiger partial charge in [0.1, 0.15) is 17.4 Å². The highest BCUT2D eigenvalue weighted by Gasteiger charge is 2.02. The molecule has 3 rings (SSSR count). The Morgan fingerprint density at radius 1 is 1.26 bits per heavy atom. The fourth-order valence-corrected chi connectivity index (χ4v) is 1.86. The van der Waals surface area contributed by atoms with Crippen molar-refractivity contribution >= 4 is 5.69 Å². The molecule has 3 aromatic rings. The minimum atomic E-state index is 0.651. The fraction of sp³-hybridized carbons (Fsp3) is 0.143. The summed E-state index contributed by atoms with van der Waals surface area (Å²) in [5.74, 6) is 2.68. The minimum Gasteiger partial charge on any atom is -0.467 e. The number of nitrogens with zero attached hydrogens (tertiary/aromatic N) is 3. The van der Waals surface area contributed by atoms with Crippen molar-refractivity contribution in [2.45, 2.75) is 13.5 Å². The van der Waals surface area contributed by atoms with Gasteiger partial charge in [-0.3, -0.25) is 4.57 Å². The average Bonchev–Trinajstić information content (AvgIpc) is 3.08. The standard InChI is InChI=1S/C14H14N4O/c1-11-15-6-7-18(11)14-5-4-12(9-17-14)16-10-13-3-2-8-19-13/h2-9,16H,10H2,1H3.